The maximum absolute atomic E-state index is 10.9. The zero-order valence-corrected chi connectivity index (χ0v) is 8.22. The maximum Gasteiger partial charge on any atom is 0.366 e. The molecule has 0 aromatic rings. The smallest absolute Gasteiger partial charge is 0.366 e. The second-order valence-electron chi connectivity index (χ2n) is 3.64. The van der Waals surface area contributed by atoms with Gasteiger partial charge >= 0.3 is 5.97 Å². The first-order chi connectivity index (χ1) is 5.37. The predicted molar refractivity (Wildman–Crippen MR) is 44.4 cm³/mol. The Bertz CT molecular complexity index is 151. The topological polar surface area (TPSA) is 63.2 Å². The van der Waals surface area contributed by atoms with Gasteiger partial charge in [0.15, 0.2) is 0 Å². The van der Waals surface area contributed by atoms with Crippen LogP contribution >= 0.6 is 0 Å². The number of ether oxygens (including phenoxy) is 2. The minimum absolute atomic E-state index is 0.232. The lowest BCUT2D eigenvalue weighted by atomic mass is 10.2. The Kier molecular flexibility index (Phi) is 4.20. The monoisotopic (exact) mass is 176 g/mol. The third-order valence-electron chi connectivity index (χ3n) is 1.25. The molecule has 0 aliphatic heterocycles. The van der Waals surface area contributed by atoms with Crippen molar-refractivity contribution in [2.75, 3.05) is 13.7 Å². The molecule has 4 heteroatoms. The van der Waals surface area contributed by atoms with Crippen molar-refractivity contribution in [3.8, 4) is 0 Å². The van der Waals surface area contributed by atoms with Gasteiger partial charge in [0.05, 0.1) is 12.7 Å². The fraction of sp³-hybridized carbons (Fsp3) is 0.875. The van der Waals surface area contributed by atoms with Gasteiger partial charge in [-0.15, -0.1) is 0 Å². The second kappa shape index (κ2) is 4.42. The SMILES string of the molecule is COC(=O)[C@H]([NH3+])COC(C)(C)C. The van der Waals surface area contributed by atoms with Crippen molar-refractivity contribution in [1.29, 1.82) is 0 Å². The van der Waals surface area contributed by atoms with Gasteiger partial charge < -0.3 is 15.2 Å². The van der Waals surface area contributed by atoms with Crippen molar-refractivity contribution in [2.24, 2.45) is 0 Å². The lowest BCUT2D eigenvalue weighted by molar-refractivity contribution is -0.417. The molecule has 0 rings (SSSR count). The second-order valence-corrected chi connectivity index (χ2v) is 3.64. The number of rotatable bonds is 3. The first kappa shape index (κ1) is 11.4. The van der Waals surface area contributed by atoms with Crippen molar-refractivity contribution in [3.05, 3.63) is 0 Å². The van der Waals surface area contributed by atoms with Gasteiger partial charge in [0.2, 0.25) is 6.04 Å². The minimum atomic E-state index is -0.436. The molecule has 72 valence electrons. The van der Waals surface area contributed by atoms with Gasteiger partial charge in [-0.2, -0.15) is 0 Å². The summed E-state index contributed by atoms with van der Waals surface area (Å²) in [4.78, 5) is 10.9. The van der Waals surface area contributed by atoms with Crippen LogP contribution in [-0.2, 0) is 14.3 Å². The molecule has 0 bridgehead atoms. The van der Waals surface area contributed by atoms with E-state index in [0.717, 1.165) is 0 Å². The van der Waals surface area contributed by atoms with E-state index in [9.17, 15) is 4.79 Å². The molecule has 3 N–H and O–H groups in total. The van der Waals surface area contributed by atoms with E-state index in [0.29, 0.717) is 6.61 Å². The van der Waals surface area contributed by atoms with Crippen LogP contribution in [0.5, 0.6) is 0 Å². The number of hydrogen-bond acceptors (Lipinski definition) is 3. The van der Waals surface area contributed by atoms with Crippen LogP contribution in [-0.4, -0.2) is 31.3 Å². The molecule has 4 nitrogen and oxygen atoms in total. The van der Waals surface area contributed by atoms with Gasteiger partial charge in [0.1, 0.15) is 6.61 Å². The summed E-state index contributed by atoms with van der Waals surface area (Å²) < 4.78 is 9.85. The summed E-state index contributed by atoms with van der Waals surface area (Å²) in [7, 11) is 1.34. The lowest BCUT2D eigenvalue weighted by Gasteiger charge is -2.20. The van der Waals surface area contributed by atoms with E-state index in [-0.39, 0.29) is 11.6 Å². The molecule has 0 radical (unpaired) electrons. The minimum Gasteiger partial charge on any atom is -0.465 e. The zero-order valence-electron chi connectivity index (χ0n) is 8.22. The standard InChI is InChI=1S/C8H17NO3/c1-8(2,3)12-5-6(9)7(10)11-4/h6H,5,9H2,1-4H3/p+1/t6-/m1/s1. The molecule has 0 aromatic carbocycles. The average molecular weight is 176 g/mol. The molecule has 12 heavy (non-hydrogen) atoms. The third kappa shape index (κ3) is 5.09. The fourth-order valence-electron chi connectivity index (χ4n) is 0.585. The molecule has 0 aliphatic carbocycles. The molecule has 0 spiro atoms. The third-order valence-corrected chi connectivity index (χ3v) is 1.25. The number of hydrogen-bond donors (Lipinski definition) is 1. The van der Waals surface area contributed by atoms with Gasteiger partial charge in [-0.05, 0) is 20.8 Å². The van der Waals surface area contributed by atoms with E-state index < -0.39 is 6.04 Å². The molecule has 0 amide bonds. The van der Waals surface area contributed by atoms with Crippen LogP contribution in [0, 0.1) is 0 Å². The molecular formula is C8H18NO3+. The Labute approximate surface area is 73.0 Å². The summed E-state index contributed by atoms with van der Waals surface area (Å²) in [6, 6.07) is -0.436. The fourth-order valence-corrected chi connectivity index (χ4v) is 0.585. The van der Waals surface area contributed by atoms with Gasteiger partial charge in [-0.1, -0.05) is 0 Å². The summed E-state index contributed by atoms with van der Waals surface area (Å²) in [6.45, 7) is 6.08. The highest BCUT2D eigenvalue weighted by atomic mass is 16.5. The summed E-state index contributed by atoms with van der Waals surface area (Å²) >= 11 is 0. The molecule has 1 atom stereocenters. The first-order valence-corrected chi connectivity index (χ1v) is 3.91. The van der Waals surface area contributed by atoms with Gasteiger partial charge in [-0.25, -0.2) is 4.79 Å². The number of carbonyl (C=O) groups is 1. The zero-order chi connectivity index (χ0) is 9.78. The quantitative estimate of drug-likeness (QED) is 0.594. The van der Waals surface area contributed by atoms with Crippen LogP contribution in [0.15, 0.2) is 0 Å². The summed E-state index contributed by atoms with van der Waals surface area (Å²) in [5.41, 5.74) is 3.38. The molecule has 0 fully saturated rings. The van der Waals surface area contributed by atoms with E-state index in [1.807, 2.05) is 20.8 Å². The molecule has 0 aromatic heterocycles. The van der Waals surface area contributed by atoms with Crippen LogP contribution in [0.1, 0.15) is 20.8 Å². The van der Waals surface area contributed by atoms with Crippen LogP contribution in [0.3, 0.4) is 0 Å². The summed E-state index contributed by atoms with van der Waals surface area (Å²) in [5.74, 6) is -0.334. The Balaban J connectivity index is 3.72. The van der Waals surface area contributed by atoms with E-state index in [4.69, 9.17) is 4.74 Å². The van der Waals surface area contributed by atoms with Crippen molar-refractivity contribution in [2.45, 2.75) is 32.4 Å². The Morgan fingerprint density at radius 1 is 1.50 bits per heavy atom. The summed E-state index contributed by atoms with van der Waals surface area (Å²) in [5, 5.41) is 0. The van der Waals surface area contributed by atoms with E-state index in [2.05, 4.69) is 10.5 Å². The van der Waals surface area contributed by atoms with Gasteiger partial charge in [0, 0.05) is 0 Å². The van der Waals surface area contributed by atoms with Crippen molar-refractivity contribution in [1.82, 2.24) is 0 Å². The normalized spacial score (nSPS) is 14.1. The highest BCUT2D eigenvalue weighted by molar-refractivity contribution is 5.73. The molecule has 0 aliphatic rings. The maximum atomic E-state index is 10.9. The van der Waals surface area contributed by atoms with Crippen LogP contribution in [0.25, 0.3) is 0 Å². The molecule has 0 unspecified atom stereocenters. The molecular weight excluding hydrogens is 158 g/mol. The van der Waals surface area contributed by atoms with Gasteiger partial charge in [0.25, 0.3) is 0 Å². The van der Waals surface area contributed by atoms with Crippen molar-refractivity contribution >= 4 is 5.97 Å². The predicted octanol–water partition coefficient (Wildman–Crippen LogP) is -0.415. The molecule has 0 heterocycles. The Morgan fingerprint density at radius 3 is 2.33 bits per heavy atom. The molecule has 0 saturated carbocycles. The van der Waals surface area contributed by atoms with E-state index >= 15 is 0 Å². The van der Waals surface area contributed by atoms with Crippen LogP contribution < -0.4 is 5.73 Å². The average Bonchev–Trinajstić information content (AvgIpc) is 1.97. The lowest BCUT2D eigenvalue weighted by Crippen LogP contribution is -2.67. The van der Waals surface area contributed by atoms with E-state index in [1.165, 1.54) is 7.11 Å². The Morgan fingerprint density at radius 2 is 2.00 bits per heavy atom. The largest absolute Gasteiger partial charge is 0.465 e. The van der Waals surface area contributed by atoms with E-state index in [1.54, 1.807) is 0 Å². The Hall–Kier alpha value is -0.610. The first-order valence-electron chi connectivity index (χ1n) is 3.91. The van der Waals surface area contributed by atoms with Crippen molar-refractivity contribution < 1.29 is 20.0 Å². The summed E-state index contributed by atoms with van der Waals surface area (Å²) in [6.07, 6.45) is 0. The number of esters is 1. The van der Waals surface area contributed by atoms with Gasteiger partial charge in [-0.3, -0.25) is 0 Å². The van der Waals surface area contributed by atoms with Crippen molar-refractivity contribution in [3.63, 3.8) is 0 Å². The number of carbonyl (C=O) groups excluding carboxylic acids is 1. The molecule has 0 saturated heterocycles. The van der Waals surface area contributed by atoms with Crippen LogP contribution in [0.4, 0.5) is 0 Å². The number of methoxy groups -OCH3 is 1. The number of quaternary nitrogens is 1. The highest BCUT2D eigenvalue weighted by Crippen LogP contribution is 2.06. The van der Waals surface area contributed by atoms with Crippen LogP contribution in [0.2, 0.25) is 0 Å². The highest BCUT2D eigenvalue weighted by Gasteiger charge is 2.21.